The quantitative estimate of drug-likeness (QED) is 0.574. The fourth-order valence-corrected chi connectivity index (χ4v) is 1.13. The molecule has 1 fully saturated rings. The third kappa shape index (κ3) is 9.78. The Morgan fingerprint density at radius 2 is 1.55 bits per heavy atom. The van der Waals surface area contributed by atoms with Crippen LogP contribution in [0.15, 0.2) is 0 Å². The standard InChI is InChI=1S/C6H13N.CH2F2O/c7-6-4-2-1-3-5-6;2-1(3)4/h6H,1-5,7H2;1,4H. The van der Waals surface area contributed by atoms with Gasteiger partial charge in [-0.05, 0) is 12.8 Å². The average molecular weight is 167 g/mol. The molecule has 3 N–H and O–H groups in total. The Morgan fingerprint density at radius 1 is 1.18 bits per heavy atom. The maximum Gasteiger partial charge on any atom is 0.342 e. The van der Waals surface area contributed by atoms with Crippen LogP contribution in [0.3, 0.4) is 0 Å². The van der Waals surface area contributed by atoms with E-state index in [0.29, 0.717) is 6.04 Å². The van der Waals surface area contributed by atoms with Crippen molar-refractivity contribution >= 4 is 0 Å². The Balaban J connectivity index is 0.000000218. The van der Waals surface area contributed by atoms with Gasteiger partial charge in [0.15, 0.2) is 0 Å². The van der Waals surface area contributed by atoms with Crippen LogP contribution in [-0.2, 0) is 0 Å². The van der Waals surface area contributed by atoms with Gasteiger partial charge < -0.3 is 10.8 Å². The number of halogens is 2. The van der Waals surface area contributed by atoms with Crippen molar-refractivity contribution in [3.63, 3.8) is 0 Å². The highest BCUT2D eigenvalue weighted by Crippen LogP contribution is 2.14. The van der Waals surface area contributed by atoms with Gasteiger partial charge in [0.25, 0.3) is 0 Å². The highest BCUT2D eigenvalue weighted by molar-refractivity contribution is 4.66. The smallest absolute Gasteiger partial charge is 0.339 e. The summed E-state index contributed by atoms with van der Waals surface area (Å²) in [6, 6.07) is 0.536. The molecule has 0 radical (unpaired) electrons. The summed E-state index contributed by atoms with van der Waals surface area (Å²) in [6.07, 6.45) is 6.66. The van der Waals surface area contributed by atoms with Crippen LogP contribution in [0.5, 0.6) is 0 Å². The molecule has 2 nitrogen and oxygen atoms in total. The Labute approximate surface area is 65.4 Å². The van der Waals surface area contributed by atoms with Crippen LogP contribution in [-0.4, -0.2) is 17.8 Å². The van der Waals surface area contributed by atoms with Crippen molar-refractivity contribution in [2.24, 2.45) is 5.73 Å². The molecule has 11 heavy (non-hydrogen) atoms. The van der Waals surface area contributed by atoms with Gasteiger partial charge in [0.1, 0.15) is 0 Å². The third-order valence-electron chi connectivity index (χ3n) is 1.65. The summed E-state index contributed by atoms with van der Waals surface area (Å²) >= 11 is 0. The molecule has 0 aromatic heterocycles. The lowest BCUT2D eigenvalue weighted by Gasteiger charge is -2.15. The number of alkyl halides is 2. The van der Waals surface area contributed by atoms with Crippen LogP contribution < -0.4 is 5.73 Å². The van der Waals surface area contributed by atoms with E-state index in [-0.39, 0.29) is 0 Å². The van der Waals surface area contributed by atoms with E-state index < -0.39 is 6.61 Å². The van der Waals surface area contributed by atoms with Gasteiger partial charge in [0, 0.05) is 6.04 Å². The minimum Gasteiger partial charge on any atom is -0.339 e. The molecule has 0 aliphatic heterocycles. The molecule has 68 valence electrons. The summed E-state index contributed by atoms with van der Waals surface area (Å²) in [5.41, 5.74) is 5.63. The zero-order valence-electron chi connectivity index (χ0n) is 6.47. The van der Waals surface area contributed by atoms with Crippen molar-refractivity contribution in [1.82, 2.24) is 0 Å². The van der Waals surface area contributed by atoms with Gasteiger partial charge in [-0.1, -0.05) is 19.3 Å². The first-order valence-electron chi connectivity index (χ1n) is 3.84. The molecule has 0 unspecified atom stereocenters. The number of hydrogen-bond acceptors (Lipinski definition) is 2. The maximum absolute atomic E-state index is 9.89. The molecule has 0 heterocycles. The number of hydrogen-bond donors (Lipinski definition) is 2. The minimum atomic E-state index is -3.17. The van der Waals surface area contributed by atoms with Crippen molar-refractivity contribution in [2.45, 2.75) is 44.8 Å². The molecule has 4 heteroatoms. The summed E-state index contributed by atoms with van der Waals surface area (Å²) in [6.45, 7) is -3.17. The van der Waals surface area contributed by atoms with Gasteiger partial charge >= 0.3 is 6.61 Å². The average Bonchev–Trinajstić information content (AvgIpc) is 1.87. The van der Waals surface area contributed by atoms with Gasteiger partial charge in [-0.2, -0.15) is 8.78 Å². The van der Waals surface area contributed by atoms with Gasteiger partial charge in [0.05, 0.1) is 0 Å². The molecule has 1 saturated carbocycles. The third-order valence-corrected chi connectivity index (χ3v) is 1.65. The monoisotopic (exact) mass is 167 g/mol. The lowest BCUT2D eigenvalue weighted by Crippen LogP contribution is -2.22. The van der Waals surface area contributed by atoms with Crippen LogP contribution in [0, 0.1) is 0 Å². The molecule has 0 aromatic carbocycles. The van der Waals surface area contributed by atoms with E-state index in [0.717, 1.165) is 0 Å². The first-order valence-corrected chi connectivity index (χ1v) is 3.84. The van der Waals surface area contributed by atoms with Crippen LogP contribution >= 0.6 is 0 Å². The molecule has 0 amide bonds. The van der Waals surface area contributed by atoms with E-state index in [1.807, 2.05) is 0 Å². The molecule has 0 aromatic rings. The first-order chi connectivity index (χ1) is 5.13. The number of aliphatic hydroxyl groups excluding tert-OH is 1. The number of rotatable bonds is 0. The number of nitrogens with two attached hydrogens (primary N) is 1. The Bertz CT molecular complexity index is 81.8. The largest absolute Gasteiger partial charge is 0.342 e. The summed E-state index contributed by atoms with van der Waals surface area (Å²) < 4.78 is 19.8. The Kier molecular flexibility index (Phi) is 6.36. The number of aliphatic hydroxyl groups is 1. The fraction of sp³-hybridized carbons (Fsp3) is 1.00. The summed E-state index contributed by atoms with van der Waals surface area (Å²) in [7, 11) is 0. The van der Waals surface area contributed by atoms with E-state index in [1.165, 1.54) is 32.1 Å². The zero-order chi connectivity index (χ0) is 8.69. The topological polar surface area (TPSA) is 46.2 Å². The summed E-state index contributed by atoms with van der Waals surface area (Å²) in [4.78, 5) is 0. The lowest BCUT2D eigenvalue weighted by atomic mass is 9.97. The van der Waals surface area contributed by atoms with Gasteiger partial charge in [-0.25, -0.2) is 0 Å². The van der Waals surface area contributed by atoms with Gasteiger partial charge in [0.2, 0.25) is 0 Å². The van der Waals surface area contributed by atoms with Gasteiger partial charge in [-0.3, -0.25) is 0 Å². The first kappa shape index (κ1) is 10.8. The highest BCUT2D eigenvalue weighted by atomic mass is 19.3. The van der Waals surface area contributed by atoms with Crippen molar-refractivity contribution in [1.29, 1.82) is 0 Å². The second-order valence-corrected chi connectivity index (χ2v) is 2.68. The van der Waals surface area contributed by atoms with Gasteiger partial charge in [-0.15, -0.1) is 0 Å². The maximum atomic E-state index is 9.89. The van der Waals surface area contributed by atoms with Crippen LogP contribution in [0.25, 0.3) is 0 Å². The van der Waals surface area contributed by atoms with Crippen molar-refractivity contribution in [3.05, 3.63) is 0 Å². The molecular formula is C7H15F2NO. The second kappa shape index (κ2) is 6.49. The molecular weight excluding hydrogens is 152 g/mol. The molecule has 1 rings (SSSR count). The Hall–Kier alpha value is -0.220. The molecule has 0 bridgehead atoms. The lowest BCUT2D eigenvalue weighted by molar-refractivity contribution is -0.0728. The Morgan fingerprint density at radius 3 is 1.73 bits per heavy atom. The summed E-state index contributed by atoms with van der Waals surface area (Å²) in [5, 5.41) is 6.72. The van der Waals surface area contributed by atoms with E-state index >= 15 is 0 Å². The van der Waals surface area contributed by atoms with Crippen molar-refractivity contribution in [2.75, 3.05) is 0 Å². The highest BCUT2D eigenvalue weighted by Gasteiger charge is 2.06. The molecule has 1 aliphatic carbocycles. The normalized spacial score (nSPS) is 19.4. The SMILES string of the molecule is NC1CCCCC1.OC(F)F. The predicted octanol–water partition coefficient (Wildman–Crippen LogP) is 1.48. The zero-order valence-corrected chi connectivity index (χ0v) is 6.47. The fourth-order valence-electron chi connectivity index (χ4n) is 1.13. The van der Waals surface area contributed by atoms with E-state index in [1.54, 1.807) is 0 Å². The minimum absolute atomic E-state index is 0.536. The second-order valence-electron chi connectivity index (χ2n) is 2.68. The van der Waals surface area contributed by atoms with E-state index in [4.69, 9.17) is 10.8 Å². The summed E-state index contributed by atoms with van der Waals surface area (Å²) in [5.74, 6) is 0. The van der Waals surface area contributed by atoms with Crippen LogP contribution in [0.4, 0.5) is 8.78 Å². The molecule has 0 spiro atoms. The molecule has 0 saturated heterocycles. The molecule has 0 atom stereocenters. The van der Waals surface area contributed by atoms with Crippen molar-refractivity contribution in [3.8, 4) is 0 Å². The van der Waals surface area contributed by atoms with Crippen LogP contribution in [0.1, 0.15) is 32.1 Å². The van der Waals surface area contributed by atoms with Crippen molar-refractivity contribution < 1.29 is 13.9 Å². The van der Waals surface area contributed by atoms with E-state index in [2.05, 4.69) is 0 Å². The predicted molar refractivity (Wildman–Crippen MR) is 39.3 cm³/mol. The van der Waals surface area contributed by atoms with Crippen LogP contribution in [0.2, 0.25) is 0 Å². The molecule has 1 aliphatic rings. The van der Waals surface area contributed by atoms with E-state index in [9.17, 15) is 8.78 Å².